The van der Waals surface area contributed by atoms with Gasteiger partial charge in [-0.25, -0.2) is 8.42 Å². The van der Waals surface area contributed by atoms with Crippen LogP contribution in [0.5, 0.6) is 0 Å². The largest absolute Gasteiger partial charge is 0.394 e. The van der Waals surface area contributed by atoms with Gasteiger partial charge < -0.3 is 10.4 Å². The molecule has 0 aromatic heterocycles. The van der Waals surface area contributed by atoms with Gasteiger partial charge in [-0.2, -0.15) is 4.31 Å². The highest BCUT2D eigenvalue weighted by atomic mass is 32.2. The molecule has 1 fully saturated rings. The Labute approximate surface area is 137 Å². The number of nitrogens with zero attached hydrogens (tertiary/aromatic N) is 1. The minimum absolute atomic E-state index is 0.00197. The number of aliphatic hydroxyl groups excluding tert-OH is 1. The van der Waals surface area contributed by atoms with E-state index in [0.29, 0.717) is 12.1 Å². The van der Waals surface area contributed by atoms with Crippen molar-refractivity contribution < 1.29 is 18.3 Å². The molecule has 1 aromatic carbocycles. The number of hydrogen-bond acceptors (Lipinski definition) is 4. The summed E-state index contributed by atoms with van der Waals surface area (Å²) in [4.78, 5) is 12.2. The molecule has 0 bridgehead atoms. The number of sulfonamides is 1. The van der Waals surface area contributed by atoms with E-state index >= 15 is 0 Å². The number of amides is 1. The number of aliphatic hydroxyl groups is 1. The second-order valence-electron chi connectivity index (χ2n) is 6.04. The number of hydrogen-bond donors (Lipinski definition) is 2. The first-order chi connectivity index (χ1) is 10.9. The zero-order valence-electron chi connectivity index (χ0n) is 13.5. The molecule has 1 aliphatic heterocycles. The smallest absolute Gasteiger partial charge is 0.251 e. The van der Waals surface area contributed by atoms with E-state index in [2.05, 4.69) is 5.32 Å². The number of nitrogens with one attached hydrogen (secondary N) is 1. The zero-order valence-corrected chi connectivity index (χ0v) is 14.3. The van der Waals surface area contributed by atoms with E-state index in [1.807, 2.05) is 6.92 Å². The maximum atomic E-state index is 12.7. The summed E-state index contributed by atoms with van der Waals surface area (Å²) in [5, 5.41) is 11.6. The van der Waals surface area contributed by atoms with Gasteiger partial charge >= 0.3 is 0 Å². The van der Waals surface area contributed by atoms with Gasteiger partial charge in [0.25, 0.3) is 5.91 Å². The predicted molar refractivity (Wildman–Crippen MR) is 87.7 cm³/mol. The Kier molecular flexibility index (Phi) is 5.78. The van der Waals surface area contributed by atoms with Crippen LogP contribution in [0.25, 0.3) is 0 Å². The summed E-state index contributed by atoms with van der Waals surface area (Å²) in [6.07, 6.45) is 2.80. The Bertz CT molecular complexity index is 643. The van der Waals surface area contributed by atoms with Crippen LogP contribution in [0.1, 0.15) is 43.5 Å². The second-order valence-corrected chi connectivity index (χ2v) is 7.93. The fourth-order valence-electron chi connectivity index (χ4n) is 2.70. The lowest BCUT2D eigenvalue weighted by atomic mass is 10.1. The van der Waals surface area contributed by atoms with E-state index in [-0.39, 0.29) is 29.5 Å². The molecule has 0 radical (unpaired) electrons. The van der Waals surface area contributed by atoms with E-state index in [0.717, 1.165) is 19.3 Å². The van der Waals surface area contributed by atoms with Crippen molar-refractivity contribution in [3.8, 4) is 0 Å². The van der Waals surface area contributed by atoms with Crippen LogP contribution in [0.3, 0.4) is 0 Å². The van der Waals surface area contributed by atoms with Crippen LogP contribution in [-0.2, 0) is 10.0 Å². The molecule has 128 valence electrons. The number of piperidine rings is 1. The Morgan fingerprint density at radius 1 is 1.35 bits per heavy atom. The fourth-order valence-corrected chi connectivity index (χ4v) is 4.39. The Hall–Kier alpha value is -1.44. The molecule has 1 heterocycles. The molecule has 6 nitrogen and oxygen atoms in total. The highest BCUT2D eigenvalue weighted by Gasteiger charge is 2.30. The summed E-state index contributed by atoms with van der Waals surface area (Å²) in [6, 6.07) is 5.59. The molecular weight excluding hydrogens is 316 g/mol. The molecule has 1 aromatic rings. The Morgan fingerprint density at radius 2 is 2.00 bits per heavy atom. The van der Waals surface area contributed by atoms with Crippen LogP contribution in [0.4, 0.5) is 0 Å². The normalized spacial score (nSPS) is 20.9. The van der Waals surface area contributed by atoms with Crippen molar-refractivity contribution in [2.75, 3.05) is 13.2 Å². The van der Waals surface area contributed by atoms with Crippen molar-refractivity contribution in [1.29, 1.82) is 0 Å². The molecule has 7 heteroatoms. The maximum Gasteiger partial charge on any atom is 0.251 e. The van der Waals surface area contributed by atoms with Gasteiger partial charge in [0.2, 0.25) is 10.0 Å². The fraction of sp³-hybridized carbons (Fsp3) is 0.562. The van der Waals surface area contributed by atoms with Crippen molar-refractivity contribution in [3.63, 3.8) is 0 Å². The molecule has 1 amide bonds. The second kappa shape index (κ2) is 7.42. The van der Waals surface area contributed by atoms with E-state index in [4.69, 9.17) is 5.11 Å². The predicted octanol–water partition coefficient (Wildman–Crippen LogP) is 1.36. The van der Waals surface area contributed by atoms with Gasteiger partial charge in [0.05, 0.1) is 11.5 Å². The van der Waals surface area contributed by atoms with Gasteiger partial charge in [-0.3, -0.25) is 4.79 Å². The Balaban J connectivity index is 2.16. The average molecular weight is 340 g/mol. The highest BCUT2D eigenvalue weighted by Crippen LogP contribution is 2.25. The van der Waals surface area contributed by atoms with E-state index in [9.17, 15) is 13.2 Å². The van der Waals surface area contributed by atoms with Crippen LogP contribution in [-0.4, -0.2) is 49.0 Å². The summed E-state index contributed by atoms with van der Waals surface area (Å²) in [6.45, 7) is 4.01. The summed E-state index contributed by atoms with van der Waals surface area (Å²) in [5.41, 5.74) is 0.371. The molecule has 0 spiro atoms. The topological polar surface area (TPSA) is 86.7 Å². The summed E-state index contributed by atoms with van der Waals surface area (Å²) in [7, 11) is -3.52. The third-order valence-electron chi connectivity index (χ3n) is 4.12. The molecule has 0 aliphatic carbocycles. The molecule has 23 heavy (non-hydrogen) atoms. The van der Waals surface area contributed by atoms with Crippen LogP contribution in [0.15, 0.2) is 29.2 Å². The van der Waals surface area contributed by atoms with Crippen molar-refractivity contribution in [2.24, 2.45) is 0 Å². The lowest BCUT2D eigenvalue weighted by molar-refractivity contribution is 0.0922. The van der Waals surface area contributed by atoms with Crippen LogP contribution < -0.4 is 5.32 Å². The number of rotatable bonds is 5. The first kappa shape index (κ1) is 17.9. The van der Waals surface area contributed by atoms with Gasteiger partial charge in [0, 0.05) is 24.2 Å². The van der Waals surface area contributed by atoms with E-state index in [1.165, 1.54) is 24.3 Å². The third-order valence-corrected chi connectivity index (χ3v) is 6.14. The summed E-state index contributed by atoms with van der Waals surface area (Å²) < 4.78 is 26.9. The standard InChI is InChI=1S/C16H24N2O4S/c1-12(11-19)17-16(20)14-6-8-15(9-7-14)23(21,22)18-10-4-3-5-13(18)2/h6-9,12-13,19H,3-5,10-11H2,1-2H3,(H,17,20). The number of carbonyl (C=O) groups excluding carboxylic acids is 1. The van der Waals surface area contributed by atoms with E-state index < -0.39 is 10.0 Å². The highest BCUT2D eigenvalue weighted by molar-refractivity contribution is 7.89. The molecule has 2 atom stereocenters. The van der Waals surface area contributed by atoms with Crippen molar-refractivity contribution >= 4 is 15.9 Å². The molecule has 1 aliphatic rings. The van der Waals surface area contributed by atoms with Crippen molar-refractivity contribution in [3.05, 3.63) is 29.8 Å². The van der Waals surface area contributed by atoms with Crippen LogP contribution in [0, 0.1) is 0 Å². The lowest BCUT2D eigenvalue weighted by Gasteiger charge is -2.32. The minimum atomic E-state index is -3.52. The maximum absolute atomic E-state index is 12.7. The molecule has 1 saturated heterocycles. The summed E-state index contributed by atoms with van der Waals surface area (Å²) >= 11 is 0. The molecular formula is C16H24N2O4S. The zero-order chi connectivity index (χ0) is 17.0. The van der Waals surface area contributed by atoms with Crippen LogP contribution in [0.2, 0.25) is 0 Å². The van der Waals surface area contributed by atoms with Gasteiger partial charge in [-0.15, -0.1) is 0 Å². The molecule has 2 rings (SSSR count). The summed E-state index contributed by atoms with van der Waals surface area (Å²) in [5.74, 6) is -0.332. The van der Waals surface area contributed by atoms with Crippen molar-refractivity contribution in [2.45, 2.75) is 50.1 Å². The van der Waals surface area contributed by atoms with Gasteiger partial charge in [-0.05, 0) is 51.0 Å². The quantitative estimate of drug-likeness (QED) is 0.847. The molecule has 2 N–H and O–H groups in total. The van der Waals surface area contributed by atoms with Gasteiger partial charge in [0.15, 0.2) is 0 Å². The van der Waals surface area contributed by atoms with E-state index in [1.54, 1.807) is 11.2 Å². The number of carbonyl (C=O) groups is 1. The molecule has 0 saturated carbocycles. The average Bonchev–Trinajstić information content (AvgIpc) is 2.55. The Morgan fingerprint density at radius 3 is 2.57 bits per heavy atom. The van der Waals surface area contributed by atoms with Crippen molar-refractivity contribution in [1.82, 2.24) is 9.62 Å². The molecule has 2 unspecified atom stereocenters. The van der Waals surface area contributed by atoms with Gasteiger partial charge in [0.1, 0.15) is 0 Å². The first-order valence-corrected chi connectivity index (χ1v) is 9.34. The SMILES string of the molecule is CC(CO)NC(=O)c1ccc(S(=O)(=O)N2CCCCC2C)cc1. The first-order valence-electron chi connectivity index (χ1n) is 7.90. The van der Waals surface area contributed by atoms with Gasteiger partial charge in [-0.1, -0.05) is 6.42 Å². The third kappa shape index (κ3) is 4.10. The lowest BCUT2D eigenvalue weighted by Crippen LogP contribution is -2.41. The monoisotopic (exact) mass is 340 g/mol. The number of benzene rings is 1. The minimum Gasteiger partial charge on any atom is -0.394 e. The van der Waals surface area contributed by atoms with Crippen LogP contribution >= 0.6 is 0 Å².